The zero-order valence-corrected chi connectivity index (χ0v) is 17.5. The Bertz CT molecular complexity index is 1310. The number of halogens is 1. The SMILES string of the molecule is C[C@H]1Cc2cc(Br)cc3[nH]c(=O)c(=O)n(c23)[C@@H]1CC(=O)Nc1ccccc1C(=O)O. The molecular weight excluding hydrogens is 454 g/mol. The zero-order valence-electron chi connectivity index (χ0n) is 15.9. The number of carbonyl (C=O) groups excluding carboxylic acids is 1. The van der Waals surface area contributed by atoms with Gasteiger partial charge in [0, 0.05) is 16.9 Å². The zero-order chi connectivity index (χ0) is 21.6. The minimum Gasteiger partial charge on any atom is -0.478 e. The number of para-hydroxylation sites is 1. The lowest BCUT2D eigenvalue weighted by atomic mass is 9.87. The molecule has 2 heterocycles. The summed E-state index contributed by atoms with van der Waals surface area (Å²) < 4.78 is 2.20. The van der Waals surface area contributed by atoms with Gasteiger partial charge in [0.05, 0.1) is 22.3 Å². The van der Waals surface area contributed by atoms with Gasteiger partial charge in [-0.3, -0.25) is 19.0 Å². The van der Waals surface area contributed by atoms with Crippen LogP contribution < -0.4 is 16.4 Å². The number of aromatic nitrogens is 2. The Balaban J connectivity index is 1.74. The van der Waals surface area contributed by atoms with Crippen molar-refractivity contribution < 1.29 is 14.7 Å². The van der Waals surface area contributed by atoms with Crippen molar-refractivity contribution in [1.82, 2.24) is 9.55 Å². The maximum atomic E-state index is 12.8. The molecule has 1 amide bonds. The van der Waals surface area contributed by atoms with E-state index in [2.05, 4.69) is 26.2 Å². The molecule has 3 N–H and O–H groups in total. The summed E-state index contributed by atoms with van der Waals surface area (Å²) in [5.41, 5.74) is 0.763. The highest BCUT2D eigenvalue weighted by atomic mass is 79.9. The van der Waals surface area contributed by atoms with Gasteiger partial charge in [-0.05, 0) is 42.2 Å². The van der Waals surface area contributed by atoms with E-state index in [-0.39, 0.29) is 23.6 Å². The third-order valence-electron chi connectivity index (χ3n) is 5.41. The van der Waals surface area contributed by atoms with Crippen LogP contribution in [0.3, 0.4) is 0 Å². The molecule has 0 saturated heterocycles. The lowest BCUT2D eigenvalue weighted by Crippen LogP contribution is -2.43. The first-order valence-electron chi connectivity index (χ1n) is 9.35. The summed E-state index contributed by atoms with van der Waals surface area (Å²) in [7, 11) is 0. The molecule has 0 fully saturated rings. The van der Waals surface area contributed by atoms with Crippen LogP contribution in [0.15, 0.2) is 50.5 Å². The number of aromatic carboxylic acids is 1. The molecule has 1 aliphatic heterocycles. The fourth-order valence-electron chi connectivity index (χ4n) is 4.09. The average Bonchev–Trinajstić information content (AvgIpc) is 2.67. The summed E-state index contributed by atoms with van der Waals surface area (Å²) in [5, 5.41) is 11.9. The van der Waals surface area contributed by atoms with Crippen LogP contribution >= 0.6 is 15.9 Å². The summed E-state index contributed by atoms with van der Waals surface area (Å²) in [6.07, 6.45) is 0.564. The molecule has 2 aromatic carbocycles. The Morgan fingerprint density at radius 3 is 2.73 bits per heavy atom. The van der Waals surface area contributed by atoms with Crippen LogP contribution in [0, 0.1) is 5.92 Å². The third-order valence-corrected chi connectivity index (χ3v) is 5.87. The lowest BCUT2D eigenvalue weighted by Gasteiger charge is -2.32. The van der Waals surface area contributed by atoms with E-state index < -0.39 is 29.0 Å². The number of hydrogen-bond donors (Lipinski definition) is 3. The summed E-state index contributed by atoms with van der Waals surface area (Å²) >= 11 is 3.43. The van der Waals surface area contributed by atoms with Crippen molar-refractivity contribution in [3.63, 3.8) is 0 Å². The van der Waals surface area contributed by atoms with Crippen molar-refractivity contribution in [2.75, 3.05) is 5.32 Å². The Morgan fingerprint density at radius 2 is 2.00 bits per heavy atom. The first-order valence-corrected chi connectivity index (χ1v) is 10.1. The lowest BCUT2D eigenvalue weighted by molar-refractivity contribution is -0.117. The van der Waals surface area contributed by atoms with Gasteiger partial charge in [-0.1, -0.05) is 35.0 Å². The van der Waals surface area contributed by atoms with Crippen LogP contribution in [0.4, 0.5) is 5.69 Å². The number of benzene rings is 2. The number of H-pyrrole nitrogens is 1. The fraction of sp³-hybridized carbons (Fsp3) is 0.238. The Labute approximate surface area is 178 Å². The molecule has 0 radical (unpaired) electrons. The van der Waals surface area contributed by atoms with Crippen molar-refractivity contribution in [2.45, 2.75) is 25.8 Å². The van der Waals surface area contributed by atoms with E-state index in [0.29, 0.717) is 17.5 Å². The van der Waals surface area contributed by atoms with Crippen LogP contribution in [-0.4, -0.2) is 26.5 Å². The molecule has 1 aliphatic rings. The number of nitrogens with one attached hydrogen (secondary N) is 2. The number of carboxylic acids is 1. The Morgan fingerprint density at radius 1 is 1.27 bits per heavy atom. The van der Waals surface area contributed by atoms with Crippen molar-refractivity contribution in [1.29, 1.82) is 0 Å². The first kappa shape index (κ1) is 20.1. The molecule has 3 aromatic rings. The van der Waals surface area contributed by atoms with Crippen LogP contribution in [-0.2, 0) is 11.2 Å². The number of amides is 1. The third kappa shape index (κ3) is 3.45. The number of anilines is 1. The molecule has 1 aromatic heterocycles. The molecule has 8 nitrogen and oxygen atoms in total. The van der Waals surface area contributed by atoms with Gasteiger partial charge < -0.3 is 15.4 Å². The number of aromatic amines is 1. The van der Waals surface area contributed by atoms with Crippen molar-refractivity contribution in [3.05, 3.63) is 72.7 Å². The minimum atomic E-state index is -1.15. The van der Waals surface area contributed by atoms with Crippen LogP contribution in [0.5, 0.6) is 0 Å². The van der Waals surface area contributed by atoms with Crippen molar-refractivity contribution >= 4 is 44.5 Å². The molecule has 2 atom stereocenters. The molecule has 0 unspecified atom stereocenters. The predicted molar refractivity (Wildman–Crippen MR) is 115 cm³/mol. The molecule has 9 heteroatoms. The van der Waals surface area contributed by atoms with Crippen LogP contribution in [0.25, 0.3) is 11.0 Å². The van der Waals surface area contributed by atoms with Gasteiger partial charge in [0.25, 0.3) is 0 Å². The van der Waals surface area contributed by atoms with Gasteiger partial charge in [0.2, 0.25) is 5.91 Å². The highest BCUT2D eigenvalue weighted by molar-refractivity contribution is 9.10. The second-order valence-electron chi connectivity index (χ2n) is 7.44. The first-order chi connectivity index (χ1) is 14.3. The highest BCUT2D eigenvalue weighted by Gasteiger charge is 2.31. The smallest absolute Gasteiger partial charge is 0.337 e. The van der Waals surface area contributed by atoms with E-state index in [1.807, 2.05) is 13.0 Å². The van der Waals surface area contributed by atoms with Crippen molar-refractivity contribution in [3.8, 4) is 0 Å². The van der Waals surface area contributed by atoms with Crippen LogP contribution in [0.2, 0.25) is 0 Å². The predicted octanol–water partition coefficient (Wildman–Crippen LogP) is 2.91. The summed E-state index contributed by atoms with van der Waals surface area (Å²) in [5.74, 6) is -1.67. The van der Waals surface area contributed by atoms with E-state index >= 15 is 0 Å². The number of nitrogens with zero attached hydrogens (tertiary/aromatic N) is 1. The monoisotopic (exact) mass is 471 g/mol. The Hall–Kier alpha value is -3.20. The molecule has 154 valence electrons. The molecule has 0 saturated carbocycles. The quantitative estimate of drug-likeness (QED) is 0.505. The maximum Gasteiger partial charge on any atom is 0.337 e. The van der Waals surface area contributed by atoms with Gasteiger partial charge in [-0.15, -0.1) is 0 Å². The standard InChI is InChI=1S/C21H18BrN3O5/c1-10-6-11-7-12(22)8-15-18(11)25(20(28)19(27)24-15)16(10)9-17(26)23-14-5-3-2-4-13(14)21(29)30/h2-5,7-8,10,16H,6,9H2,1H3,(H,23,26)(H,24,27)(H,29,30)/t10-,16+/m0/s1. The van der Waals surface area contributed by atoms with E-state index in [9.17, 15) is 24.3 Å². The number of hydrogen-bond acceptors (Lipinski definition) is 4. The number of carboxylic acid groups (broad SMARTS) is 1. The van der Waals surface area contributed by atoms with Crippen molar-refractivity contribution in [2.24, 2.45) is 5.92 Å². The number of carbonyl (C=O) groups is 2. The maximum absolute atomic E-state index is 12.8. The average molecular weight is 472 g/mol. The van der Waals surface area contributed by atoms with E-state index in [4.69, 9.17) is 0 Å². The van der Waals surface area contributed by atoms with Gasteiger partial charge in [0.1, 0.15) is 0 Å². The van der Waals surface area contributed by atoms with Gasteiger partial charge in [-0.25, -0.2) is 4.79 Å². The van der Waals surface area contributed by atoms with Gasteiger partial charge in [-0.2, -0.15) is 0 Å². The van der Waals surface area contributed by atoms with Gasteiger partial charge in [0.15, 0.2) is 0 Å². The minimum absolute atomic E-state index is 0.0200. The summed E-state index contributed by atoms with van der Waals surface area (Å²) in [6, 6.07) is 9.22. The number of rotatable bonds is 4. The second-order valence-corrected chi connectivity index (χ2v) is 8.36. The fourth-order valence-corrected chi connectivity index (χ4v) is 4.60. The second kappa shape index (κ2) is 7.56. The molecule has 4 rings (SSSR count). The molecule has 0 aliphatic carbocycles. The van der Waals surface area contributed by atoms with E-state index in [1.165, 1.54) is 16.7 Å². The molecule has 0 bridgehead atoms. The summed E-state index contributed by atoms with van der Waals surface area (Å²) in [6.45, 7) is 1.92. The molecular formula is C21H18BrN3O5. The van der Waals surface area contributed by atoms with Crippen LogP contribution in [0.1, 0.15) is 35.3 Å². The summed E-state index contributed by atoms with van der Waals surface area (Å²) in [4.78, 5) is 51.7. The molecule has 30 heavy (non-hydrogen) atoms. The van der Waals surface area contributed by atoms with E-state index in [1.54, 1.807) is 18.2 Å². The van der Waals surface area contributed by atoms with Gasteiger partial charge >= 0.3 is 17.1 Å². The Kier molecular flexibility index (Phi) is 5.07. The normalized spacial score (nSPS) is 17.7. The molecule has 0 spiro atoms. The highest BCUT2D eigenvalue weighted by Crippen LogP contribution is 2.36. The topological polar surface area (TPSA) is 121 Å². The largest absolute Gasteiger partial charge is 0.478 e. The van der Waals surface area contributed by atoms with E-state index in [0.717, 1.165) is 10.0 Å².